The number of carbonyl (C=O) groups excluding carboxylic acids is 1. The third kappa shape index (κ3) is 3.31. The lowest BCUT2D eigenvalue weighted by Crippen LogP contribution is -2.27. The quantitative estimate of drug-likeness (QED) is 0.895. The summed E-state index contributed by atoms with van der Waals surface area (Å²) in [6.45, 7) is 5.58. The first-order valence-electron chi connectivity index (χ1n) is 7.51. The third-order valence-corrected chi connectivity index (χ3v) is 5.46. The topological polar surface area (TPSA) is 60.9 Å². The molecule has 1 aliphatic rings. The molecule has 2 rings (SSSR count). The number of rotatable bonds is 5. The summed E-state index contributed by atoms with van der Waals surface area (Å²) < 4.78 is 2.92. The average molecular weight is 342 g/mol. The minimum Gasteiger partial charge on any atom is -0.330 e. The van der Waals surface area contributed by atoms with Crippen LogP contribution in [0.4, 0.5) is 0 Å². The van der Waals surface area contributed by atoms with Crippen LogP contribution in [0.25, 0.3) is 0 Å². The SMILES string of the molecule is CCn1nc(C)c(Br)c1CC(=O)C1CCC(CN)CC1. The zero-order valence-electron chi connectivity index (χ0n) is 12.4. The normalized spacial score (nSPS) is 23.0. The van der Waals surface area contributed by atoms with Crippen molar-refractivity contribution >= 4 is 21.7 Å². The van der Waals surface area contributed by atoms with Gasteiger partial charge >= 0.3 is 0 Å². The van der Waals surface area contributed by atoms with E-state index in [0.29, 0.717) is 18.1 Å². The van der Waals surface area contributed by atoms with Crippen LogP contribution < -0.4 is 5.73 Å². The molecule has 1 heterocycles. The van der Waals surface area contributed by atoms with Gasteiger partial charge in [-0.2, -0.15) is 5.10 Å². The number of nitrogens with zero attached hydrogens (tertiary/aromatic N) is 2. The number of Topliss-reactive ketones (excluding diaryl/α,β-unsaturated/α-hetero) is 1. The Morgan fingerprint density at radius 3 is 2.60 bits per heavy atom. The summed E-state index contributed by atoms with van der Waals surface area (Å²) in [5.41, 5.74) is 7.69. The summed E-state index contributed by atoms with van der Waals surface area (Å²) >= 11 is 3.56. The minimum absolute atomic E-state index is 0.213. The van der Waals surface area contributed by atoms with Crippen molar-refractivity contribution in [3.63, 3.8) is 0 Å². The highest BCUT2D eigenvalue weighted by atomic mass is 79.9. The molecule has 0 amide bonds. The fourth-order valence-electron chi connectivity index (χ4n) is 3.07. The number of hydrogen-bond acceptors (Lipinski definition) is 3. The van der Waals surface area contributed by atoms with E-state index in [1.54, 1.807) is 0 Å². The number of hydrogen-bond donors (Lipinski definition) is 1. The number of halogens is 1. The van der Waals surface area contributed by atoms with Gasteiger partial charge in [0.15, 0.2) is 0 Å². The lowest BCUT2D eigenvalue weighted by atomic mass is 9.79. The molecule has 1 saturated carbocycles. The molecule has 0 radical (unpaired) electrons. The second kappa shape index (κ2) is 6.85. The van der Waals surface area contributed by atoms with Crippen molar-refractivity contribution in [1.82, 2.24) is 9.78 Å². The van der Waals surface area contributed by atoms with E-state index in [0.717, 1.165) is 54.6 Å². The Bertz CT molecular complexity index is 476. The fraction of sp³-hybridized carbons (Fsp3) is 0.733. The molecule has 2 N–H and O–H groups in total. The van der Waals surface area contributed by atoms with E-state index in [9.17, 15) is 4.79 Å². The molecule has 0 aromatic carbocycles. The monoisotopic (exact) mass is 341 g/mol. The Morgan fingerprint density at radius 1 is 1.40 bits per heavy atom. The van der Waals surface area contributed by atoms with Crippen LogP contribution in [-0.2, 0) is 17.8 Å². The van der Waals surface area contributed by atoms with E-state index in [2.05, 4.69) is 28.0 Å². The van der Waals surface area contributed by atoms with Gasteiger partial charge < -0.3 is 5.73 Å². The molecule has 1 aromatic rings. The molecule has 20 heavy (non-hydrogen) atoms. The molecule has 1 aromatic heterocycles. The molecular formula is C15H24BrN3O. The van der Waals surface area contributed by atoms with Gasteiger partial charge in [-0.1, -0.05) is 0 Å². The van der Waals surface area contributed by atoms with Crippen LogP contribution in [0.3, 0.4) is 0 Å². The van der Waals surface area contributed by atoms with Gasteiger partial charge in [-0.05, 0) is 67.9 Å². The lowest BCUT2D eigenvalue weighted by Gasteiger charge is -2.26. The van der Waals surface area contributed by atoms with Gasteiger partial charge in [0, 0.05) is 18.9 Å². The van der Waals surface area contributed by atoms with Crippen LogP contribution in [0, 0.1) is 18.8 Å². The maximum absolute atomic E-state index is 12.5. The van der Waals surface area contributed by atoms with Gasteiger partial charge in [0.2, 0.25) is 0 Å². The Kier molecular flexibility index (Phi) is 5.38. The van der Waals surface area contributed by atoms with Crippen molar-refractivity contribution in [1.29, 1.82) is 0 Å². The zero-order chi connectivity index (χ0) is 14.7. The van der Waals surface area contributed by atoms with Crippen molar-refractivity contribution < 1.29 is 4.79 Å². The van der Waals surface area contributed by atoms with Gasteiger partial charge in [-0.25, -0.2) is 0 Å². The first kappa shape index (κ1) is 15.7. The van der Waals surface area contributed by atoms with Gasteiger partial charge in [-0.15, -0.1) is 0 Å². The second-order valence-electron chi connectivity index (χ2n) is 5.76. The van der Waals surface area contributed by atoms with Gasteiger partial charge in [0.1, 0.15) is 5.78 Å². The molecule has 0 spiro atoms. The standard InChI is InChI=1S/C15H24BrN3O/c1-3-19-13(15(16)10(2)18-19)8-14(20)12-6-4-11(9-17)5-7-12/h11-12H,3-9,17H2,1-2H3. The maximum Gasteiger partial charge on any atom is 0.141 e. The predicted octanol–water partition coefficient (Wildman–Crippen LogP) is 2.85. The number of aryl methyl sites for hydroxylation is 2. The van der Waals surface area contributed by atoms with Crippen molar-refractivity contribution in [3.05, 3.63) is 15.9 Å². The molecule has 1 fully saturated rings. The second-order valence-corrected chi connectivity index (χ2v) is 6.55. The van der Waals surface area contributed by atoms with Gasteiger partial charge in [0.25, 0.3) is 0 Å². The summed E-state index contributed by atoms with van der Waals surface area (Å²) in [7, 11) is 0. The Labute approximate surface area is 129 Å². The summed E-state index contributed by atoms with van der Waals surface area (Å²) in [6, 6.07) is 0. The molecule has 4 nitrogen and oxygen atoms in total. The van der Waals surface area contributed by atoms with Crippen molar-refractivity contribution in [2.45, 2.75) is 52.5 Å². The summed E-state index contributed by atoms with van der Waals surface area (Å²) in [5, 5.41) is 4.45. The highest BCUT2D eigenvalue weighted by molar-refractivity contribution is 9.10. The van der Waals surface area contributed by atoms with E-state index in [1.165, 1.54) is 0 Å². The Morgan fingerprint density at radius 2 is 2.05 bits per heavy atom. The average Bonchev–Trinajstić information content (AvgIpc) is 2.75. The molecule has 0 unspecified atom stereocenters. The van der Waals surface area contributed by atoms with Crippen LogP contribution in [-0.4, -0.2) is 22.1 Å². The zero-order valence-corrected chi connectivity index (χ0v) is 13.9. The van der Waals surface area contributed by atoms with E-state index in [4.69, 9.17) is 5.73 Å². The summed E-state index contributed by atoms with van der Waals surface area (Å²) in [6.07, 6.45) is 4.68. The molecular weight excluding hydrogens is 318 g/mol. The van der Waals surface area contributed by atoms with Crippen LogP contribution in [0.2, 0.25) is 0 Å². The molecule has 112 valence electrons. The first-order chi connectivity index (χ1) is 9.56. The molecule has 1 aliphatic carbocycles. The van der Waals surface area contributed by atoms with E-state index in [-0.39, 0.29) is 5.92 Å². The van der Waals surface area contributed by atoms with Crippen molar-refractivity contribution in [3.8, 4) is 0 Å². The Balaban J connectivity index is 2.02. The number of nitrogens with two attached hydrogens (primary N) is 1. The molecule has 0 saturated heterocycles. The van der Waals surface area contributed by atoms with Crippen LogP contribution in [0.15, 0.2) is 4.47 Å². The van der Waals surface area contributed by atoms with Gasteiger partial charge in [-0.3, -0.25) is 9.48 Å². The lowest BCUT2D eigenvalue weighted by molar-refractivity contribution is -0.123. The van der Waals surface area contributed by atoms with E-state index >= 15 is 0 Å². The highest BCUT2D eigenvalue weighted by Crippen LogP contribution is 2.30. The highest BCUT2D eigenvalue weighted by Gasteiger charge is 2.27. The number of carbonyl (C=O) groups is 1. The van der Waals surface area contributed by atoms with Gasteiger partial charge in [0.05, 0.1) is 15.9 Å². The summed E-state index contributed by atoms with van der Waals surface area (Å²) in [4.78, 5) is 12.5. The molecule has 0 bridgehead atoms. The summed E-state index contributed by atoms with van der Waals surface area (Å²) in [5.74, 6) is 1.19. The predicted molar refractivity (Wildman–Crippen MR) is 83.6 cm³/mol. The molecule has 5 heteroatoms. The van der Waals surface area contributed by atoms with Crippen LogP contribution in [0.5, 0.6) is 0 Å². The smallest absolute Gasteiger partial charge is 0.141 e. The minimum atomic E-state index is 0.213. The van der Waals surface area contributed by atoms with E-state index < -0.39 is 0 Å². The molecule has 0 atom stereocenters. The number of aromatic nitrogens is 2. The number of ketones is 1. The van der Waals surface area contributed by atoms with Crippen LogP contribution in [0.1, 0.15) is 44.0 Å². The Hall–Kier alpha value is -0.680. The van der Waals surface area contributed by atoms with Crippen molar-refractivity contribution in [2.24, 2.45) is 17.6 Å². The fourth-order valence-corrected chi connectivity index (χ4v) is 3.49. The largest absolute Gasteiger partial charge is 0.330 e. The van der Waals surface area contributed by atoms with E-state index in [1.807, 2.05) is 11.6 Å². The first-order valence-corrected chi connectivity index (χ1v) is 8.30. The van der Waals surface area contributed by atoms with Crippen LogP contribution >= 0.6 is 15.9 Å². The van der Waals surface area contributed by atoms with Crippen molar-refractivity contribution in [2.75, 3.05) is 6.54 Å². The maximum atomic E-state index is 12.5. The third-order valence-electron chi connectivity index (χ3n) is 4.43. The molecule has 0 aliphatic heterocycles.